The second-order valence-corrected chi connectivity index (χ2v) is 4.87. The lowest BCUT2D eigenvalue weighted by Gasteiger charge is -2.12. The zero-order valence-corrected chi connectivity index (χ0v) is 11.2. The minimum Gasteiger partial charge on any atom is -0.352 e. The largest absolute Gasteiger partial charge is 0.352 e. The van der Waals surface area contributed by atoms with Crippen molar-refractivity contribution in [3.05, 3.63) is 71.8 Å². The molecule has 98 valence electrons. The summed E-state index contributed by atoms with van der Waals surface area (Å²) in [6.45, 7) is 2.85. The average Bonchev–Trinajstić information content (AvgIpc) is 2.47. The second kappa shape index (κ2) is 6.74. The van der Waals surface area contributed by atoms with Gasteiger partial charge in [-0.25, -0.2) is 0 Å². The van der Waals surface area contributed by atoms with Gasteiger partial charge in [-0.3, -0.25) is 4.79 Å². The van der Waals surface area contributed by atoms with Crippen molar-refractivity contribution in [3.63, 3.8) is 0 Å². The summed E-state index contributed by atoms with van der Waals surface area (Å²) in [7, 11) is 0. The van der Waals surface area contributed by atoms with E-state index in [1.165, 1.54) is 5.56 Å². The number of rotatable bonds is 5. The topological polar surface area (TPSA) is 29.1 Å². The van der Waals surface area contributed by atoms with Crippen LogP contribution in [0.4, 0.5) is 0 Å². The van der Waals surface area contributed by atoms with Crippen molar-refractivity contribution in [2.75, 3.05) is 6.54 Å². The van der Waals surface area contributed by atoms with Crippen LogP contribution in [0.15, 0.2) is 60.7 Å². The van der Waals surface area contributed by atoms with Gasteiger partial charge in [0.2, 0.25) is 0 Å². The van der Waals surface area contributed by atoms with Crippen LogP contribution in [-0.2, 0) is 6.42 Å². The molecule has 0 aromatic heterocycles. The van der Waals surface area contributed by atoms with E-state index in [-0.39, 0.29) is 5.91 Å². The van der Waals surface area contributed by atoms with Gasteiger partial charge in [-0.1, -0.05) is 55.5 Å². The molecule has 0 fully saturated rings. The molecule has 0 spiro atoms. The third kappa shape index (κ3) is 4.25. The van der Waals surface area contributed by atoms with Crippen LogP contribution < -0.4 is 5.32 Å². The summed E-state index contributed by atoms with van der Waals surface area (Å²) in [6.07, 6.45) is 0.982. The fraction of sp³-hybridized carbons (Fsp3) is 0.235. The molecular formula is C17H19NO. The summed E-state index contributed by atoms with van der Waals surface area (Å²) in [5.41, 5.74) is 2.03. The smallest absolute Gasteiger partial charge is 0.251 e. The minimum absolute atomic E-state index is 0.000474. The molecule has 1 amide bonds. The Labute approximate surface area is 114 Å². The van der Waals surface area contributed by atoms with Crippen LogP contribution in [0.25, 0.3) is 0 Å². The highest BCUT2D eigenvalue weighted by molar-refractivity contribution is 5.94. The van der Waals surface area contributed by atoms with E-state index >= 15 is 0 Å². The number of hydrogen-bond acceptors (Lipinski definition) is 1. The van der Waals surface area contributed by atoms with E-state index in [2.05, 4.69) is 24.4 Å². The standard InChI is InChI=1S/C17H19NO/c1-14(12-15-8-4-2-5-9-15)13-18-17(19)16-10-6-3-7-11-16/h2-11,14H,12-13H2,1H3,(H,18,19)/t14-/m0/s1. The molecule has 0 unspecified atom stereocenters. The number of nitrogens with one attached hydrogen (secondary N) is 1. The van der Waals surface area contributed by atoms with Crippen LogP contribution >= 0.6 is 0 Å². The summed E-state index contributed by atoms with van der Waals surface area (Å²) in [5.74, 6) is 0.426. The molecule has 2 nitrogen and oxygen atoms in total. The van der Waals surface area contributed by atoms with E-state index in [1.807, 2.05) is 48.5 Å². The maximum absolute atomic E-state index is 11.9. The van der Waals surface area contributed by atoms with Gasteiger partial charge in [0.1, 0.15) is 0 Å². The van der Waals surface area contributed by atoms with Crippen LogP contribution in [-0.4, -0.2) is 12.5 Å². The van der Waals surface area contributed by atoms with Crippen molar-refractivity contribution >= 4 is 5.91 Å². The Balaban J connectivity index is 1.81. The monoisotopic (exact) mass is 253 g/mol. The summed E-state index contributed by atoms with van der Waals surface area (Å²) < 4.78 is 0. The first-order valence-electron chi connectivity index (χ1n) is 6.63. The molecule has 0 aliphatic rings. The second-order valence-electron chi connectivity index (χ2n) is 4.87. The van der Waals surface area contributed by atoms with Crippen LogP contribution in [0.3, 0.4) is 0 Å². The van der Waals surface area contributed by atoms with Gasteiger partial charge in [0.15, 0.2) is 0 Å². The average molecular weight is 253 g/mol. The van der Waals surface area contributed by atoms with E-state index in [1.54, 1.807) is 0 Å². The fourth-order valence-electron chi connectivity index (χ4n) is 2.05. The highest BCUT2D eigenvalue weighted by Gasteiger charge is 2.07. The molecule has 0 saturated heterocycles. The van der Waals surface area contributed by atoms with Gasteiger partial charge >= 0.3 is 0 Å². The first-order chi connectivity index (χ1) is 9.25. The molecule has 1 atom stereocenters. The molecule has 19 heavy (non-hydrogen) atoms. The number of amides is 1. The molecule has 0 bridgehead atoms. The lowest BCUT2D eigenvalue weighted by Crippen LogP contribution is -2.29. The molecule has 0 aliphatic carbocycles. The summed E-state index contributed by atoms with van der Waals surface area (Å²) >= 11 is 0. The highest BCUT2D eigenvalue weighted by atomic mass is 16.1. The maximum Gasteiger partial charge on any atom is 0.251 e. The predicted octanol–water partition coefficient (Wildman–Crippen LogP) is 3.30. The zero-order chi connectivity index (χ0) is 13.5. The van der Waals surface area contributed by atoms with Gasteiger partial charge in [-0.2, -0.15) is 0 Å². The summed E-state index contributed by atoms with van der Waals surface area (Å²) in [4.78, 5) is 11.9. The van der Waals surface area contributed by atoms with Gasteiger partial charge < -0.3 is 5.32 Å². The van der Waals surface area contributed by atoms with Gasteiger partial charge in [-0.15, -0.1) is 0 Å². The molecule has 1 N–H and O–H groups in total. The van der Waals surface area contributed by atoms with Crippen molar-refractivity contribution in [1.29, 1.82) is 0 Å². The van der Waals surface area contributed by atoms with Crippen LogP contribution in [0.5, 0.6) is 0 Å². The normalized spacial score (nSPS) is 11.8. The number of hydrogen-bond donors (Lipinski definition) is 1. The maximum atomic E-state index is 11.9. The molecule has 0 radical (unpaired) electrons. The first-order valence-corrected chi connectivity index (χ1v) is 6.63. The van der Waals surface area contributed by atoms with Crippen molar-refractivity contribution in [1.82, 2.24) is 5.32 Å². The number of carbonyl (C=O) groups is 1. The van der Waals surface area contributed by atoms with Crippen LogP contribution in [0.2, 0.25) is 0 Å². The zero-order valence-electron chi connectivity index (χ0n) is 11.2. The molecule has 0 aliphatic heterocycles. The molecule has 2 rings (SSSR count). The third-order valence-corrected chi connectivity index (χ3v) is 3.07. The van der Waals surface area contributed by atoms with Crippen molar-refractivity contribution in [3.8, 4) is 0 Å². The Morgan fingerprint density at radius 1 is 1.00 bits per heavy atom. The van der Waals surface area contributed by atoms with Crippen LogP contribution in [0.1, 0.15) is 22.8 Å². The Morgan fingerprint density at radius 2 is 1.58 bits per heavy atom. The van der Waals surface area contributed by atoms with Gasteiger partial charge in [-0.05, 0) is 30.0 Å². The van der Waals surface area contributed by atoms with E-state index in [9.17, 15) is 4.79 Å². The molecule has 2 heteroatoms. The summed E-state index contributed by atoms with van der Waals surface area (Å²) in [5, 5.41) is 2.98. The SMILES string of the molecule is C[C@H](CNC(=O)c1ccccc1)Cc1ccccc1. The highest BCUT2D eigenvalue weighted by Crippen LogP contribution is 2.07. The van der Waals surface area contributed by atoms with E-state index in [0.717, 1.165) is 12.0 Å². The Kier molecular flexibility index (Phi) is 4.73. The van der Waals surface area contributed by atoms with Gasteiger partial charge in [0, 0.05) is 12.1 Å². The molecule has 2 aromatic carbocycles. The Morgan fingerprint density at radius 3 is 2.21 bits per heavy atom. The lowest BCUT2D eigenvalue weighted by atomic mass is 10.0. The Hall–Kier alpha value is -2.09. The molecular weight excluding hydrogens is 234 g/mol. The quantitative estimate of drug-likeness (QED) is 0.870. The molecule has 0 saturated carbocycles. The lowest BCUT2D eigenvalue weighted by molar-refractivity contribution is 0.0948. The van der Waals surface area contributed by atoms with E-state index in [0.29, 0.717) is 12.5 Å². The Bertz CT molecular complexity index is 507. The van der Waals surface area contributed by atoms with Crippen LogP contribution in [0, 0.1) is 5.92 Å². The fourth-order valence-corrected chi connectivity index (χ4v) is 2.05. The molecule has 0 heterocycles. The van der Waals surface area contributed by atoms with Gasteiger partial charge in [0.05, 0.1) is 0 Å². The third-order valence-electron chi connectivity index (χ3n) is 3.07. The minimum atomic E-state index is 0.000474. The number of benzene rings is 2. The van der Waals surface area contributed by atoms with Crippen molar-refractivity contribution in [2.24, 2.45) is 5.92 Å². The van der Waals surface area contributed by atoms with Crippen molar-refractivity contribution in [2.45, 2.75) is 13.3 Å². The van der Waals surface area contributed by atoms with E-state index < -0.39 is 0 Å². The number of carbonyl (C=O) groups excluding carboxylic acids is 1. The van der Waals surface area contributed by atoms with Gasteiger partial charge in [0.25, 0.3) is 5.91 Å². The van der Waals surface area contributed by atoms with Crippen molar-refractivity contribution < 1.29 is 4.79 Å². The summed E-state index contributed by atoms with van der Waals surface area (Å²) in [6, 6.07) is 19.7. The first kappa shape index (κ1) is 13.3. The molecule has 2 aromatic rings. The van der Waals surface area contributed by atoms with E-state index in [4.69, 9.17) is 0 Å². The predicted molar refractivity (Wildman–Crippen MR) is 78.1 cm³/mol.